The number of rotatable bonds is 9. The predicted molar refractivity (Wildman–Crippen MR) is 114 cm³/mol. The molecule has 7 heteroatoms. The lowest BCUT2D eigenvalue weighted by Gasteiger charge is -2.09. The molecule has 7 nitrogen and oxygen atoms in total. The van der Waals surface area contributed by atoms with Crippen LogP contribution in [-0.2, 0) is 6.61 Å². The number of anilines is 1. The van der Waals surface area contributed by atoms with Crippen molar-refractivity contribution in [2.75, 3.05) is 11.9 Å². The second-order valence-electron chi connectivity index (χ2n) is 6.87. The number of amides is 2. The molecule has 0 radical (unpaired) electrons. The first-order chi connectivity index (χ1) is 14.6. The van der Waals surface area contributed by atoms with Crippen LogP contribution in [0, 0.1) is 6.92 Å². The number of carbonyl (C=O) groups excluding carboxylic acids is 2. The Bertz CT molecular complexity index is 996. The minimum Gasteiger partial charge on any atom is -0.486 e. The van der Waals surface area contributed by atoms with Crippen LogP contribution in [-0.4, -0.2) is 23.5 Å². The summed E-state index contributed by atoms with van der Waals surface area (Å²) >= 11 is 0. The third-order valence-electron chi connectivity index (χ3n) is 4.49. The maximum absolute atomic E-state index is 12.4. The number of benzene rings is 2. The molecule has 0 aliphatic carbocycles. The number of hydrogen-bond acceptors (Lipinski definition) is 5. The monoisotopic (exact) mass is 407 g/mol. The molecule has 1 heterocycles. The van der Waals surface area contributed by atoms with Crippen LogP contribution in [0.2, 0.25) is 0 Å². The maximum atomic E-state index is 12.4. The van der Waals surface area contributed by atoms with Crippen molar-refractivity contribution >= 4 is 17.5 Å². The van der Waals surface area contributed by atoms with Gasteiger partial charge in [-0.05, 0) is 49.2 Å². The van der Waals surface area contributed by atoms with E-state index in [0.717, 1.165) is 18.4 Å². The van der Waals surface area contributed by atoms with Crippen molar-refractivity contribution in [2.45, 2.75) is 33.3 Å². The van der Waals surface area contributed by atoms with E-state index in [4.69, 9.17) is 9.26 Å². The summed E-state index contributed by atoms with van der Waals surface area (Å²) in [6, 6.07) is 16.0. The van der Waals surface area contributed by atoms with Gasteiger partial charge < -0.3 is 19.9 Å². The molecule has 2 N–H and O–H groups in total. The molecule has 0 saturated carbocycles. The van der Waals surface area contributed by atoms with E-state index in [0.29, 0.717) is 29.3 Å². The fourth-order valence-electron chi connectivity index (χ4n) is 2.77. The number of ether oxygens (including phenoxy) is 1. The van der Waals surface area contributed by atoms with E-state index in [2.05, 4.69) is 22.7 Å². The summed E-state index contributed by atoms with van der Waals surface area (Å²) in [5.74, 6) is 0.641. The fraction of sp³-hybridized carbons (Fsp3) is 0.261. The van der Waals surface area contributed by atoms with Gasteiger partial charge in [0.25, 0.3) is 11.8 Å². The molecule has 30 heavy (non-hydrogen) atoms. The van der Waals surface area contributed by atoms with Crippen LogP contribution < -0.4 is 15.4 Å². The van der Waals surface area contributed by atoms with Crippen molar-refractivity contribution in [1.29, 1.82) is 0 Å². The van der Waals surface area contributed by atoms with Gasteiger partial charge in [-0.2, -0.15) is 0 Å². The van der Waals surface area contributed by atoms with Crippen molar-refractivity contribution in [2.24, 2.45) is 0 Å². The lowest BCUT2D eigenvalue weighted by molar-refractivity contribution is 0.0943. The summed E-state index contributed by atoms with van der Waals surface area (Å²) < 4.78 is 10.8. The Morgan fingerprint density at radius 2 is 1.83 bits per heavy atom. The van der Waals surface area contributed by atoms with Crippen molar-refractivity contribution in [1.82, 2.24) is 10.5 Å². The minimum atomic E-state index is -0.257. The first-order valence-corrected chi connectivity index (χ1v) is 9.90. The molecular weight excluding hydrogens is 382 g/mol. The second-order valence-corrected chi connectivity index (χ2v) is 6.87. The molecule has 0 bridgehead atoms. The Labute approximate surface area is 175 Å². The summed E-state index contributed by atoms with van der Waals surface area (Å²) in [6.07, 6.45) is 1.92. The lowest BCUT2D eigenvalue weighted by Crippen LogP contribution is -2.24. The summed E-state index contributed by atoms with van der Waals surface area (Å²) in [5, 5.41) is 9.43. The third-order valence-corrected chi connectivity index (χ3v) is 4.49. The first kappa shape index (κ1) is 21.1. The molecule has 0 aliphatic rings. The quantitative estimate of drug-likeness (QED) is 0.515. The number of nitrogens with zero attached hydrogens (tertiary/aromatic N) is 1. The van der Waals surface area contributed by atoms with Crippen LogP contribution >= 0.6 is 0 Å². The van der Waals surface area contributed by atoms with Gasteiger partial charge >= 0.3 is 0 Å². The fourth-order valence-corrected chi connectivity index (χ4v) is 2.77. The van der Waals surface area contributed by atoms with Crippen LogP contribution in [0.5, 0.6) is 5.75 Å². The van der Waals surface area contributed by atoms with E-state index >= 15 is 0 Å². The standard InChI is InChI=1S/C23H25N3O4/c1-3-4-13-24-23(28)21-14-19(30-26-21)15-29-18-11-9-17(10-12-18)25-22(27)20-8-6-5-7-16(20)2/h5-12,14H,3-4,13,15H2,1-2H3,(H,24,28)(H,25,27). The number of aryl methyl sites for hydroxylation is 1. The van der Waals surface area contributed by atoms with E-state index in [1.165, 1.54) is 0 Å². The number of nitrogens with one attached hydrogen (secondary N) is 2. The highest BCUT2D eigenvalue weighted by Crippen LogP contribution is 2.19. The number of aromatic nitrogens is 1. The molecule has 0 unspecified atom stereocenters. The predicted octanol–water partition coefficient (Wildman–Crippen LogP) is 4.34. The molecule has 0 fully saturated rings. The molecule has 0 aliphatic heterocycles. The topological polar surface area (TPSA) is 93.5 Å². The molecule has 2 aromatic carbocycles. The Balaban J connectivity index is 1.51. The summed E-state index contributed by atoms with van der Waals surface area (Å²) in [4.78, 5) is 24.3. The highest BCUT2D eigenvalue weighted by Gasteiger charge is 2.13. The molecule has 0 saturated heterocycles. The highest BCUT2D eigenvalue weighted by molar-refractivity contribution is 6.05. The average molecular weight is 407 g/mol. The molecule has 1 aromatic heterocycles. The van der Waals surface area contributed by atoms with Gasteiger partial charge in [0.05, 0.1) is 0 Å². The Kier molecular flexibility index (Phi) is 7.21. The van der Waals surface area contributed by atoms with E-state index in [-0.39, 0.29) is 24.1 Å². The first-order valence-electron chi connectivity index (χ1n) is 9.90. The van der Waals surface area contributed by atoms with Crippen molar-refractivity contribution in [3.8, 4) is 5.75 Å². The molecule has 0 atom stereocenters. The third kappa shape index (κ3) is 5.70. The Morgan fingerprint density at radius 1 is 1.07 bits per heavy atom. The zero-order valence-electron chi connectivity index (χ0n) is 17.1. The van der Waals surface area contributed by atoms with Gasteiger partial charge in [-0.1, -0.05) is 36.7 Å². The minimum absolute atomic E-state index is 0.143. The number of unbranched alkanes of at least 4 members (excludes halogenated alkanes) is 1. The van der Waals surface area contributed by atoms with Crippen molar-refractivity contribution in [3.63, 3.8) is 0 Å². The molecule has 156 valence electrons. The van der Waals surface area contributed by atoms with Crippen LogP contribution in [0.15, 0.2) is 59.1 Å². The SMILES string of the molecule is CCCCNC(=O)c1cc(COc2ccc(NC(=O)c3ccccc3C)cc2)on1. The van der Waals surface area contributed by atoms with Gasteiger partial charge in [0.15, 0.2) is 11.5 Å². The van der Waals surface area contributed by atoms with E-state index < -0.39 is 0 Å². The van der Waals surface area contributed by atoms with Gasteiger partial charge in [0.2, 0.25) is 0 Å². The van der Waals surface area contributed by atoms with E-state index in [1.807, 2.05) is 25.1 Å². The molecule has 3 rings (SSSR count). The van der Waals surface area contributed by atoms with Crippen molar-refractivity contribution in [3.05, 3.63) is 77.2 Å². The molecule has 2 amide bonds. The van der Waals surface area contributed by atoms with Gasteiger partial charge in [-0.25, -0.2) is 0 Å². The van der Waals surface area contributed by atoms with Gasteiger partial charge in [0.1, 0.15) is 12.4 Å². The number of hydrogen-bond donors (Lipinski definition) is 2. The van der Waals surface area contributed by atoms with Crippen LogP contribution in [0.25, 0.3) is 0 Å². The van der Waals surface area contributed by atoms with Crippen LogP contribution in [0.1, 0.15) is 51.9 Å². The summed E-state index contributed by atoms with van der Waals surface area (Å²) in [7, 11) is 0. The zero-order chi connectivity index (χ0) is 21.3. The number of carbonyl (C=O) groups is 2. The average Bonchev–Trinajstić information content (AvgIpc) is 3.23. The smallest absolute Gasteiger partial charge is 0.273 e. The van der Waals surface area contributed by atoms with Gasteiger partial charge in [0, 0.05) is 23.9 Å². The lowest BCUT2D eigenvalue weighted by atomic mass is 10.1. The largest absolute Gasteiger partial charge is 0.486 e. The molecule has 3 aromatic rings. The van der Waals surface area contributed by atoms with Crippen molar-refractivity contribution < 1.29 is 18.8 Å². The van der Waals surface area contributed by atoms with Gasteiger partial charge in [-0.3, -0.25) is 9.59 Å². The Morgan fingerprint density at radius 3 is 2.57 bits per heavy atom. The molecule has 0 spiro atoms. The normalized spacial score (nSPS) is 10.5. The summed E-state index contributed by atoms with van der Waals surface area (Å²) in [5.41, 5.74) is 2.46. The Hall–Kier alpha value is -3.61. The van der Waals surface area contributed by atoms with E-state index in [9.17, 15) is 9.59 Å². The summed E-state index contributed by atoms with van der Waals surface area (Å²) in [6.45, 7) is 4.71. The van der Waals surface area contributed by atoms with Crippen LogP contribution in [0.4, 0.5) is 5.69 Å². The molecular formula is C23H25N3O4. The van der Waals surface area contributed by atoms with Crippen LogP contribution in [0.3, 0.4) is 0 Å². The van der Waals surface area contributed by atoms with Gasteiger partial charge in [-0.15, -0.1) is 0 Å². The van der Waals surface area contributed by atoms with E-state index in [1.54, 1.807) is 36.4 Å². The zero-order valence-corrected chi connectivity index (χ0v) is 17.1. The second kappa shape index (κ2) is 10.2. The highest BCUT2D eigenvalue weighted by atomic mass is 16.5. The maximum Gasteiger partial charge on any atom is 0.273 e.